The minimum atomic E-state index is -1.17. The van der Waals surface area contributed by atoms with Crippen LogP contribution in [0.4, 0.5) is 5.69 Å². The van der Waals surface area contributed by atoms with Gasteiger partial charge in [0.25, 0.3) is 5.91 Å². The number of carbonyl (C=O) groups excluding carboxylic acids is 1. The summed E-state index contributed by atoms with van der Waals surface area (Å²) in [5.41, 5.74) is 2.05. The van der Waals surface area contributed by atoms with Crippen molar-refractivity contribution in [3.63, 3.8) is 0 Å². The zero-order chi connectivity index (χ0) is 24.4. The van der Waals surface area contributed by atoms with Gasteiger partial charge in [-0.25, -0.2) is 9.59 Å². The lowest BCUT2D eigenvalue weighted by atomic mass is 10.1. The van der Waals surface area contributed by atoms with E-state index in [4.69, 9.17) is 11.6 Å². The molecule has 0 fully saturated rings. The number of rotatable bonds is 6. The van der Waals surface area contributed by atoms with Crippen LogP contribution in [-0.4, -0.2) is 36.8 Å². The quantitative estimate of drug-likeness (QED) is 0.328. The Morgan fingerprint density at radius 3 is 2.56 bits per heavy atom. The number of carbonyl (C=O) groups is 2. The number of nitrogens with one attached hydrogen (secondary N) is 1. The van der Waals surface area contributed by atoms with Crippen LogP contribution in [0.2, 0.25) is 5.02 Å². The summed E-state index contributed by atoms with van der Waals surface area (Å²) in [5.74, 6) is -1.69. The van der Waals surface area contributed by atoms with E-state index in [1.807, 2.05) is 28.7 Å². The van der Waals surface area contributed by atoms with Crippen molar-refractivity contribution in [3.05, 3.63) is 102 Å². The molecule has 2 N–H and O–H groups in total. The molecule has 0 aliphatic carbocycles. The zero-order valence-electron chi connectivity index (χ0n) is 17.7. The van der Waals surface area contributed by atoms with Crippen LogP contribution in [0.15, 0.2) is 65.5 Å². The fourth-order valence-electron chi connectivity index (χ4n) is 3.40. The van der Waals surface area contributed by atoms with Crippen molar-refractivity contribution in [2.24, 2.45) is 0 Å². The second-order valence-electron chi connectivity index (χ2n) is 7.35. The number of aromatic nitrogens is 4. The van der Waals surface area contributed by atoms with E-state index >= 15 is 0 Å². The molecular weight excluding hydrogens is 573 g/mol. The van der Waals surface area contributed by atoms with Gasteiger partial charge in [0.15, 0.2) is 0 Å². The Hall–Kier alpha value is -3.51. The number of hydrogen-bond acceptors (Lipinski definition) is 5. The van der Waals surface area contributed by atoms with Gasteiger partial charge >= 0.3 is 11.7 Å². The summed E-state index contributed by atoms with van der Waals surface area (Å²) in [4.78, 5) is 37.1. The lowest BCUT2D eigenvalue weighted by Gasteiger charge is -2.12. The van der Waals surface area contributed by atoms with Gasteiger partial charge in [-0.15, -0.1) is 0 Å². The van der Waals surface area contributed by atoms with E-state index in [1.165, 1.54) is 10.7 Å². The van der Waals surface area contributed by atoms with Crippen LogP contribution in [0.5, 0.6) is 0 Å². The van der Waals surface area contributed by atoms with Crippen molar-refractivity contribution >= 4 is 51.8 Å². The van der Waals surface area contributed by atoms with Crippen molar-refractivity contribution in [3.8, 4) is 5.69 Å². The summed E-state index contributed by atoms with van der Waals surface area (Å²) in [6.45, 7) is 1.97. The Bertz CT molecular complexity index is 1480. The van der Waals surface area contributed by atoms with Gasteiger partial charge in [0.2, 0.25) is 0 Å². The average molecular weight is 590 g/mol. The molecule has 0 saturated heterocycles. The fourth-order valence-corrected chi connectivity index (χ4v) is 4.36. The molecule has 4 aromatic rings. The second kappa shape index (κ2) is 9.77. The number of para-hydroxylation sites is 1. The Kier molecular flexibility index (Phi) is 6.80. The number of hydrogen-bond donors (Lipinski definition) is 2. The van der Waals surface area contributed by atoms with Gasteiger partial charge in [-0.2, -0.15) is 9.36 Å². The van der Waals surface area contributed by atoms with E-state index < -0.39 is 17.6 Å². The Morgan fingerprint density at radius 2 is 1.85 bits per heavy atom. The molecule has 0 aliphatic heterocycles. The number of amides is 1. The molecule has 0 bridgehead atoms. The van der Waals surface area contributed by atoms with Crippen molar-refractivity contribution in [1.29, 1.82) is 0 Å². The molecule has 0 radical (unpaired) electrons. The van der Waals surface area contributed by atoms with Crippen LogP contribution < -0.4 is 11.0 Å². The molecule has 1 amide bonds. The highest BCUT2D eigenvalue weighted by atomic mass is 127. The van der Waals surface area contributed by atoms with Gasteiger partial charge in [-0.1, -0.05) is 41.9 Å². The molecule has 3 aromatic carbocycles. The highest BCUT2D eigenvalue weighted by Gasteiger charge is 2.20. The Morgan fingerprint density at radius 1 is 1.09 bits per heavy atom. The first kappa shape index (κ1) is 23.6. The first-order chi connectivity index (χ1) is 16.3. The summed E-state index contributed by atoms with van der Waals surface area (Å²) < 4.78 is 2.87. The van der Waals surface area contributed by atoms with Crippen LogP contribution in [0, 0.1) is 10.5 Å². The van der Waals surface area contributed by atoms with Gasteiger partial charge in [0.05, 0.1) is 28.4 Å². The number of tetrazole rings is 1. The molecule has 1 aromatic heterocycles. The molecule has 0 unspecified atom stereocenters. The molecule has 1 heterocycles. The van der Waals surface area contributed by atoms with E-state index in [9.17, 15) is 19.5 Å². The number of aryl methyl sites for hydroxylation is 1. The number of nitrogens with zero attached hydrogens (tertiary/aromatic N) is 4. The van der Waals surface area contributed by atoms with Crippen LogP contribution in [0.3, 0.4) is 0 Å². The lowest BCUT2D eigenvalue weighted by molar-refractivity contribution is 0.0692. The summed E-state index contributed by atoms with van der Waals surface area (Å²) in [7, 11) is 0. The van der Waals surface area contributed by atoms with Crippen LogP contribution in [-0.2, 0) is 6.54 Å². The molecule has 4 rings (SSSR count). The molecule has 172 valence electrons. The predicted octanol–water partition coefficient (Wildman–Crippen LogP) is 3.99. The van der Waals surface area contributed by atoms with Crippen LogP contribution >= 0.6 is 34.2 Å². The monoisotopic (exact) mass is 589 g/mol. The van der Waals surface area contributed by atoms with E-state index in [-0.39, 0.29) is 17.7 Å². The topological polar surface area (TPSA) is 119 Å². The maximum Gasteiger partial charge on any atom is 0.368 e. The minimum Gasteiger partial charge on any atom is -0.478 e. The van der Waals surface area contributed by atoms with Gasteiger partial charge < -0.3 is 10.4 Å². The van der Waals surface area contributed by atoms with E-state index in [2.05, 4.69) is 15.7 Å². The van der Waals surface area contributed by atoms with Gasteiger partial charge in [-0.05, 0) is 81.4 Å². The maximum absolute atomic E-state index is 12.8. The summed E-state index contributed by atoms with van der Waals surface area (Å²) in [5, 5.41) is 20.4. The van der Waals surface area contributed by atoms with E-state index in [0.29, 0.717) is 20.0 Å². The minimum absolute atomic E-state index is 0.0698. The fraction of sp³-hybridized carbons (Fsp3) is 0.0870. The largest absolute Gasteiger partial charge is 0.478 e. The molecule has 9 nitrogen and oxygen atoms in total. The highest BCUT2D eigenvalue weighted by Crippen LogP contribution is 2.22. The molecular formula is C23H17ClIN5O4. The Labute approximate surface area is 212 Å². The van der Waals surface area contributed by atoms with Gasteiger partial charge in [-0.3, -0.25) is 4.79 Å². The Balaban J connectivity index is 1.55. The highest BCUT2D eigenvalue weighted by molar-refractivity contribution is 14.1. The smallest absolute Gasteiger partial charge is 0.368 e. The van der Waals surface area contributed by atoms with Crippen LogP contribution in [0.1, 0.15) is 31.8 Å². The maximum atomic E-state index is 12.8. The van der Waals surface area contributed by atoms with Gasteiger partial charge in [0.1, 0.15) is 0 Å². The van der Waals surface area contributed by atoms with Crippen molar-refractivity contribution in [2.75, 3.05) is 5.32 Å². The van der Waals surface area contributed by atoms with E-state index in [0.717, 1.165) is 15.8 Å². The number of carboxylic acid groups (broad SMARTS) is 1. The third-order valence-corrected chi connectivity index (χ3v) is 6.28. The average Bonchev–Trinajstić information content (AvgIpc) is 3.15. The number of benzene rings is 3. The molecule has 0 spiro atoms. The summed E-state index contributed by atoms with van der Waals surface area (Å²) >= 11 is 8.09. The molecule has 0 atom stereocenters. The third-order valence-electron chi connectivity index (χ3n) is 5.06. The van der Waals surface area contributed by atoms with Gasteiger partial charge in [0, 0.05) is 9.26 Å². The SMILES string of the molecule is Cc1cc(Cn2nnn(-c3ccccc3Cl)c2=O)ccc1NC(=O)c1c(I)cccc1C(=O)O. The summed E-state index contributed by atoms with van der Waals surface area (Å²) in [6.07, 6.45) is 0. The van der Waals surface area contributed by atoms with Crippen molar-refractivity contribution < 1.29 is 14.7 Å². The standard InChI is InChI=1S/C23H17ClIN5O4/c1-13-11-14(12-29-23(34)30(28-27-29)19-8-3-2-6-16(19)24)9-10-18(13)26-21(31)20-15(22(32)33)5-4-7-17(20)25/h2-11H,12H2,1H3,(H,26,31)(H,32,33). The first-order valence-corrected chi connectivity index (χ1v) is 11.4. The molecule has 0 saturated carbocycles. The normalized spacial score (nSPS) is 10.8. The van der Waals surface area contributed by atoms with E-state index in [1.54, 1.807) is 55.5 Å². The third kappa shape index (κ3) is 4.73. The first-order valence-electron chi connectivity index (χ1n) is 9.96. The number of aromatic carboxylic acids is 1. The second-order valence-corrected chi connectivity index (χ2v) is 8.92. The van der Waals surface area contributed by atoms with Crippen LogP contribution in [0.25, 0.3) is 5.69 Å². The zero-order valence-corrected chi connectivity index (χ0v) is 20.6. The molecule has 11 heteroatoms. The lowest BCUT2D eigenvalue weighted by Crippen LogP contribution is -2.25. The predicted molar refractivity (Wildman–Crippen MR) is 135 cm³/mol. The van der Waals surface area contributed by atoms with Crippen molar-refractivity contribution in [2.45, 2.75) is 13.5 Å². The van der Waals surface area contributed by atoms with Crippen molar-refractivity contribution in [1.82, 2.24) is 19.8 Å². The molecule has 34 heavy (non-hydrogen) atoms. The summed E-state index contributed by atoms with van der Waals surface area (Å²) in [6, 6.07) is 16.7. The number of anilines is 1. The molecule has 0 aliphatic rings. The number of halogens is 2. The number of carboxylic acids is 1.